The van der Waals surface area contributed by atoms with Crippen LogP contribution in [0, 0.1) is 12.7 Å². The van der Waals surface area contributed by atoms with E-state index in [1.165, 1.54) is 13.0 Å². The standard InChI is InChI=1S/C14H20FN3O2/c1-4-17-8(2)5-13(19)18-12-7-10(14(16)20)6-11(15)9(12)3/h6-8,17H,4-5H2,1-3H3,(H2,16,20)(H,18,19). The molecule has 1 rings (SSSR count). The predicted molar refractivity (Wildman–Crippen MR) is 76.0 cm³/mol. The summed E-state index contributed by atoms with van der Waals surface area (Å²) in [6.45, 7) is 6.13. The van der Waals surface area contributed by atoms with Gasteiger partial charge in [-0.2, -0.15) is 0 Å². The number of hydrogen-bond donors (Lipinski definition) is 3. The summed E-state index contributed by atoms with van der Waals surface area (Å²) in [7, 11) is 0. The van der Waals surface area contributed by atoms with Crippen molar-refractivity contribution in [1.29, 1.82) is 0 Å². The quantitative estimate of drug-likeness (QED) is 0.740. The van der Waals surface area contributed by atoms with Crippen molar-refractivity contribution in [1.82, 2.24) is 5.32 Å². The SMILES string of the molecule is CCNC(C)CC(=O)Nc1cc(C(N)=O)cc(F)c1C. The van der Waals surface area contributed by atoms with Crippen LogP contribution in [0.2, 0.25) is 0 Å². The third-order valence-electron chi connectivity index (χ3n) is 2.95. The molecule has 0 saturated carbocycles. The third-order valence-corrected chi connectivity index (χ3v) is 2.95. The van der Waals surface area contributed by atoms with Crippen LogP contribution < -0.4 is 16.4 Å². The Labute approximate surface area is 117 Å². The van der Waals surface area contributed by atoms with E-state index in [2.05, 4.69) is 10.6 Å². The fourth-order valence-corrected chi connectivity index (χ4v) is 1.85. The molecule has 0 aromatic heterocycles. The number of nitrogens with one attached hydrogen (secondary N) is 2. The van der Waals surface area contributed by atoms with Gasteiger partial charge in [-0.1, -0.05) is 6.92 Å². The Morgan fingerprint density at radius 2 is 2.05 bits per heavy atom. The molecule has 0 bridgehead atoms. The monoisotopic (exact) mass is 281 g/mol. The van der Waals surface area contributed by atoms with Gasteiger partial charge < -0.3 is 16.4 Å². The molecular weight excluding hydrogens is 261 g/mol. The molecule has 5 nitrogen and oxygen atoms in total. The summed E-state index contributed by atoms with van der Waals surface area (Å²) < 4.78 is 13.7. The van der Waals surface area contributed by atoms with Gasteiger partial charge in [0.1, 0.15) is 5.82 Å². The lowest BCUT2D eigenvalue weighted by Crippen LogP contribution is -2.30. The number of hydrogen-bond acceptors (Lipinski definition) is 3. The van der Waals surface area contributed by atoms with Crippen molar-refractivity contribution in [2.45, 2.75) is 33.2 Å². The Bertz CT molecular complexity index is 517. The summed E-state index contributed by atoms with van der Waals surface area (Å²) in [5, 5.41) is 5.72. The maximum atomic E-state index is 13.7. The zero-order valence-corrected chi connectivity index (χ0v) is 11.9. The van der Waals surface area contributed by atoms with Gasteiger partial charge in [-0.25, -0.2) is 4.39 Å². The van der Waals surface area contributed by atoms with Gasteiger partial charge in [0.25, 0.3) is 0 Å². The minimum Gasteiger partial charge on any atom is -0.366 e. The van der Waals surface area contributed by atoms with Gasteiger partial charge >= 0.3 is 0 Å². The second kappa shape index (κ2) is 7.00. The van der Waals surface area contributed by atoms with Crippen LogP contribution in [0.4, 0.5) is 10.1 Å². The summed E-state index contributed by atoms with van der Waals surface area (Å²) in [6.07, 6.45) is 0.260. The van der Waals surface area contributed by atoms with E-state index in [4.69, 9.17) is 5.73 Å². The normalized spacial score (nSPS) is 12.0. The van der Waals surface area contributed by atoms with E-state index in [-0.39, 0.29) is 35.2 Å². The van der Waals surface area contributed by atoms with E-state index in [1.54, 1.807) is 0 Å². The number of rotatable bonds is 6. The summed E-state index contributed by atoms with van der Waals surface area (Å²) in [5.41, 5.74) is 5.70. The molecule has 4 N–H and O–H groups in total. The van der Waals surface area contributed by atoms with Crippen molar-refractivity contribution in [2.75, 3.05) is 11.9 Å². The molecule has 0 saturated heterocycles. The van der Waals surface area contributed by atoms with Crippen LogP contribution in [0.25, 0.3) is 0 Å². The Morgan fingerprint density at radius 1 is 1.40 bits per heavy atom. The number of carbonyl (C=O) groups excluding carboxylic acids is 2. The summed E-state index contributed by atoms with van der Waals surface area (Å²) in [6, 6.07) is 2.47. The van der Waals surface area contributed by atoms with E-state index in [9.17, 15) is 14.0 Å². The molecule has 6 heteroatoms. The molecule has 1 atom stereocenters. The van der Waals surface area contributed by atoms with E-state index in [1.807, 2.05) is 13.8 Å². The van der Waals surface area contributed by atoms with Gasteiger partial charge in [0.15, 0.2) is 0 Å². The molecule has 0 heterocycles. The van der Waals surface area contributed by atoms with Crippen LogP contribution in [0.3, 0.4) is 0 Å². The average molecular weight is 281 g/mol. The molecule has 0 aliphatic heterocycles. The molecular formula is C14H20FN3O2. The molecule has 1 unspecified atom stereocenters. The van der Waals surface area contributed by atoms with Gasteiger partial charge in [-0.3, -0.25) is 9.59 Å². The van der Waals surface area contributed by atoms with Crippen molar-refractivity contribution in [3.05, 3.63) is 29.1 Å². The summed E-state index contributed by atoms with van der Waals surface area (Å²) in [4.78, 5) is 23.0. The van der Waals surface area contributed by atoms with Crippen molar-refractivity contribution in [3.63, 3.8) is 0 Å². The van der Waals surface area contributed by atoms with Crippen LogP contribution >= 0.6 is 0 Å². The number of halogens is 1. The lowest BCUT2D eigenvalue weighted by atomic mass is 10.1. The van der Waals surface area contributed by atoms with Gasteiger partial charge in [0.05, 0.1) is 0 Å². The first-order chi connectivity index (χ1) is 9.35. The Kier molecular flexibility index (Phi) is 5.64. The number of nitrogens with two attached hydrogens (primary N) is 1. The molecule has 0 radical (unpaired) electrons. The highest BCUT2D eigenvalue weighted by atomic mass is 19.1. The summed E-state index contributed by atoms with van der Waals surface area (Å²) in [5.74, 6) is -1.56. The molecule has 0 spiro atoms. The van der Waals surface area contributed by atoms with E-state index in [0.717, 1.165) is 12.6 Å². The van der Waals surface area contributed by atoms with Gasteiger partial charge in [-0.05, 0) is 32.5 Å². The minimum absolute atomic E-state index is 0.0180. The molecule has 110 valence electrons. The van der Waals surface area contributed by atoms with Crippen molar-refractivity contribution >= 4 is 17.5 Å². The highest BCUT2D eigenvalue weighted by Crippen LogP contribution is 2.21. The third kappa shape index (κ3) is 4.31. The van der Waals surface area contributed by atoms with E-state index in [0.29, 0.717) is 0 Å². The number of amides is 2. The number of benzene rings is 1. The zero-order valence-electron chi connectivity index (χ0n) is 11.9. The number of carbonyl (C=O) groups is 2. The first kappa shape index (κ1) is 16.1. The molecule has 0 aliphatic rings. The second-order valence-corrected chi connectivity index (χ2v) is 4.71. The van der Waals surface area contributed by atoms with Crippen molar-refractivity contribution < 1.29 is 14.0 Å². The Morgan fingerprint density at radius 3 is 2.60 bits per heavy atom. The van der Waals surface area contributed by atoms with Crippen LogP contribution in [-0.4, -0.2) is 24.4 Å². The van der Waals surface area contributed by atoms with Gasteiger partial charge in [0.2, 0.25) is 11.8 Å². The highest BCUT2D eigenvalue weighted by molar-refractivity contribution is 5.97. The van der Waals surface area contributed by atoms with Crippen LogP contribution in [-0.2, 0) is 4.79 Å². The molecule has 20 heavy (non-hydrogen) atoms. The van der Waals surface area contributed by atoms with Gasteiger partial charge in [0, 0.05) is 29.3 Å². The maximum absolute atomic E-state index is 13.7. The van der Waals surface area contributed by atoms with Crippen molar-refractivity contribution in [3.8, 4) is 0 Å². The summed E-state index contributed by atoms with van der Waals surface area (Å²) >= 11 is 0. The highest BCUT2D eigenvalue weighted by Gasteiger charge is 2.14. The predicted octanol–water partition coefficient (Wildman–Crippen LogP) is 1.56. The number of primary amides is 1. The topological polar surface area (TPSA) is 84.2 Å². The van der Waals surface area contributed by atoms with Crippen molar-refractivity contribution in [2.24, 2.45) is 5.73 Å². The lowest BCUT2D eigenvalue weighted by molar-refractivity contribution is -0.116. The molecule has 2 amide bonds. The molecule has 1 aromatic carbocycles. The van der Waals surface area contributed by atoms with E-state index >= 15 is 0 Å². The minimum atomic E-state index is -0.736. The van der Waals surface area contributed by atoms with Gasteiger partial charge in [-0.15, -0.1) is 0 Å². The largest absolute Gasteiger partial charge is 0.366 e. The second-order valence-electron chi connectivity index (χ2n) is 4.71. The van der Waals surface area contributed by atoms with Crippen LogP contribution in [0.1, 0.15) is 36.2 Å². The van der Waals surface area contributed by atoms with Crippen LogP contribution in [0.5, 0.6) is 0 Å². The van der Waals surface area contributed by atoms with E-state index < -0.39 is 11.7 Å². The van der Waals surface area contributed by atoms with Crippen LogP contribution in [0.15, 0.2) is 12.1 Å². The molecule has 0 aliphatic carbocycles. The Hall–Kier alpha value is -1.95. The number of anilines is 1. The first-order valence-corrected chi connectivity index (χ1v) is 6.48. The maximum Gasteiger partial charge on any atom is 0.248 e. The fourth-order valence-electron chi connectivity index (χ4n) is 1.85. The molecule has 1 aromatic rings. The average Bonchev–Trinajstić information content (AvgIpc) is 2.34. The fraction of sp³-hybridized carbons (Fsp3) is 0.429. The molecule has 0 fully saturated rings. The lowest BCUT2D eigenvalue weighted by Gasteiger charge is -2.14. The first-order valence-electron chi connectivity index (χ1n) is 6.48. The smallest absolute Gasteiger partial charge is 0.248 e. The Balaban J connectivity index is 2.86. The zero-order chi connectivity index (χ0) is 15.3.